The molecule has 0 aromatic carbocycles. The average molecular weight is 453 g/mol. The maximum atomic E-state index is 11.5. The minimum Gasteiger partial charge on any atom is -0.466 e. The number of esters is 1. The Hall–Kier alpha value is -0.950. The molecule has 184 valence electrons. The fourth-order valence-corrected chi connectivity index (χ4v) is 5.48. The lowest BCUT2D eigenvalue weighted by atomic mass is 9.86. The number of carbonyl (C=O) groups excluding carboxylic acids is 1. The molecule has 2 saturated heterocycles. The quantitative estimate of drug-likeness (QED) is 0.196. The summed E-state index contributed by atoms with van der Waals surface area (Å²) in [5.74, 6) is -0.250. The molecule has 0 aromatic rings. The first kappa shape index (κ1) is 25.7. The number of hydrogen-bond acceptors (Lipinski definition) is 6. The molecule has 2 atom stereocenters. The van der Waals surface area contributed by atoms with Crippen LogP contribution in [0.25, 0.3) is 0 Å². The predicted octanol–water partition coefficient (Wildman–Crippen LogP) is 5.54. The van der Waals surface area contributed by atoms with Crippen molar-refractivity contribution in [3.05, 3.63) is 12.2 Å². The van der Waals surface area contributed by atoms with Crippen molar-refractivity contribution in [2.45, 2.75) is 102 Å². The Balaban J connectivity index is 1.52. The van der Waals surface area contributed by atoms with Crippen LogP contribution in [0.15, 0.2) is 12.2 Å². The minimum absolute atomic E-state index is 0.0792. The third-order valence-corrected chi connectivity index (χ3v) is 7.14. The van der Waals surface area contributed by atoms with Gasteiger partial charge in [-0.05, 0) is 44.6 Å². The van der Waals surface area contributed by atoms with Gasteiger partial charge in [-0.2, -0.15) is 0 Å². The van der Waals surface area contributed by atoms with Gasteiger partial charge in [0.2, 0.25) is 0 Å². The lowest BCUT2D eigenvalue weighted by molar-refractivity contribution is -0.186. The molecule has 1 saturated carbocycles. The van der Waals surface area contributed by atoms with Gasteiger partial charge in [0.05, 0.1) is 33.0 Å². The largest absolute Gasteiger partial charge is 0.466 e. The van der Waals surface area contributed by atoms with Crippen LogP contribution in [0.4, 0.5) is 0 Å². The Labute approximate surface area is 194 Å². The second kappa shape index (κ2) is 13.1. The van der Waals surface area contributed by atoms with Crippen molar-refractivity contribution in [2.24, 2.45) is 11.8 Å². The summed E-state index contributed by atoms with van der Waals surface area (Å²) in [4.78, 5) is 11.5. The standard InChI is InChI=1S/C26H44O6/c1-3-5-10-15-25(29-18-19-30-25)16-13-22-14-17-26(31-20-21-32-26)23(22)11-8-6-7-9-12-24(27)28-4-2/h13,16,22-23H,3-12,14-15,17-21H2,1-2H3/t22-,23+/m0/s1. The fourth-order valence-electron chi connectivity index (χ4n) is 5.48. The monoisotopic (exact) mass is 452 g/mol. The SMILES string of the molecule is CCCCCC1(C=C[C@H]2CCC3(OCCO3)[C@@H]2CCCCCCC(=O)OCC)OCCO1. The number of carbonyl (C=O) groups is 1. The third-order valence-electron chi connectivity index (χ3n) is 7.14. The van der Waals surface area contributed by atoms with E-state index in [1.54, 1.807) is 0 Å². The van der Waals surface area contributed by atoms with Crippen LogP contribution in [0.5, 0.6) is 0 Å². The van der Waals surface area contributed by atoms with Crippen LogP contribution in [0.3, 0.4) is 0 Å². The Bertz CT molecular complexity index is 577. The first-order chi connectivity index (χ1) is 15.6. The smallest absolute Gasteiger partial charge is 0.305 e. The van der Waals surface area contributed by atoms with Gasteiger partial charge in [0.1, 0.15) is 0 Å². The molecule has 0 bridgehead atoms. The first-order valence-corrected chi connectivity index (χ1v) is 13.0. The zero-order chi connectivity index (χ0) is 22.7. The van der Waals surface area contributed by atoms with Gasteiger partial charge < -0.3 is 23.7 Å². The van der Waals surface area contributed by atoms with Gasteiger partial charge in [0, 0.05) is 25.2 Å². The van der Waals surface area contributed by atoms with E-state index < -0.39 is 11.6 Å². The van der Waals surface area contributed by atoms with E-state index in [0.717, 1.165) is 57.8 Å². The van der Waals surface area contributed by atoms with E-state index >= 15 is 0 Å². The minimum atomic E-state index is -0.542. The van der Waals surface area contributed by atoms with Crippen molar-refractivity contribution >= 4 is 5.97 Å². The van der Waals surface area contributed by atoms with Gasteiger partial charge in [-0.15, -0.1) is 0 Å². The van der Waals surface area contributed by atoms with Gasteiger partial charge in [0.25, 0.3) is 0 Å². The van der Waals surface area contributed by atoms with Crippen molar-refractivity contribution < 1.29 is 28.5 Å². The van der Waals surface area contributed by atoms with Gasteiger partial charge in [-0.25, -0.2) is 0 Å². The summed E-state index contributed by atoms with van der Waals surface area (Å²) in [5, 5.41) is 0. The number of rotatable bonds is 14. The summed E-state index contributed by atoms with van der Waals surface area (Å²) >= 11 is 0. The van der Waals surface area contributed by atoms with Crippen molar-refractivity contribution in [1.82, 2.24) is 0 Å². The Kier molecular flexibility index (Phi) is 10.5. The van der Waals surface area contributed by atoms with Crippen LogP contribution in [0.1, 0.15) is 90.9 Å². The highest BCUT2D eigenvalue weighted by molar-refractivity contribution is 5.69. The molecule has 3 fully saturated rings. The van der Waals surface area contributed by atoms with Gasteiger partial charge in [0.15, 0.2) is 11.6 Å². The Morgan fingerprint density at radius 3 is 2.38 bits per heavy atom. The van der Waals surface area contributed by atoms with E-state index in [1.807, 2.05) is 6.92 Å². The van der Waals surface area contributed by atoms with Crippen LogP contribution < -0.4 is 0 Å². The second-order valence-corrected chi connectivity index (χ2v) is 9.40. The summed E-state index contributed by atoms with van der Waals surface area (Å²) in [6.45, 7) is 7.27. The molecule has 2 aliphatic heterocycles. The predicted molar refractivity (Wildman–Crippen MR) is 123 cm³/mol. The lowest BCUT2D eigenvalue weighted by Gasteiger charge is -2.32. The van der Waals surface area contributed by atoms with E-state index in [0.29, 0.717) is 51.3 Å². The summed E-state index contributed by atoms with van der Waals surface area (Å²) in [7, 11) is 0. The zero-order valence-electron chi connectivity index (χ0n) is 20.3. The average Bonchev–Trinajstić information content (AvgIpc) is 3.52. The maximum Gasteiger partial charge on any atom is 0.305 e. The van der Waals surface area contributed by atoms with E-state index in [4.69, 9.17) is 23.7 Å². The molecule has 3 rings (SSSR count). The summed E-state index contributed by atoms with van der Waals surface area (Å²) in [6, 6.07) is 0. The molecular weight excluding hydrogens is 408 g/mol. The number of allylic oxidation sites excluding steroid dienone is 1. The molecule has 3 aliphatic rings. The highest BCUT2D eigenvalue weighted by Gasteiger charge is 2.51. The van der Waals surface area contributed by atoms with E-state index in [1.165, 1.54) is 12.8 Å². The van der Waals surface area contributed by atoms with Crippen LogP contribution in [0, 0.1) is 11.8 Å². The maximum absolute atomic E-state index is 11.5. The summed E-state index contributed by atoms with van der Waals surface area (Å²) in [6.07, 6.45) is 16.8. The van der Waals surface area contributed by atoms with E-state index in [2.05, 4.69) is 19.1 Å². The molecule has 2 heterocycles. The van der Waals surface area contributed by atoms with E-state index in [9.17, 15) is 4.79 Å². The van der Waals surface area contributed by atoms with Gasteiger partial charge in [-0.3, -0.25) is 4.79 Å². The van der Waals surface area contributed by atoms with Crippen molar-refractivity contribution in [1.29, 1.82) is 0 Å². The normalized spacial score (nSPS) is 26.4. The molecule has 6 heteroatoms. The van der Waals surface area contributed by atoms with Crippen LogP contribution in [0.2, 0.25) is 0 Å². The molecule has 0 unspecified atom stereocenters. The fraction of sp³-hybridized carbons (Fsp3) is 0.885. The van der Waals surface area contributed by atoms with Gasteiger partial charge in [-0.1, -0.05) is 45.1 Å². The molecule has 32 heavy (non-hydrogen) atoms. The van der Waals surface area contributed by atoms with Crippen LogP contribution in [-0.2, 0) is 28.5 Å². The highest BCUT2D eigenvalue weighted by Crippen LogP contribution is 2.49. The Morgan fingerprint density at radius 1 is 0.938 bits per heavy atom. The second-order valence-electron chi connectivity index (χ2n) is 9.40. The number of hydrogen-bond donors (Lipinski definition) is 0. The molecule has 0 amide bonds. The number of unbranched alkanes of at least 4 members (excludes halogenated alkanes) is 5. The molecular formula is C26H44O6. The summed E-state index contributed by atoms with van der Waals surface area (Å²) < 4.78 is 29.5. The molecule has 0 N–H and O–H groups in total. The number of ether oxygens (including phenoxy) is 5. The zero-order valence-corrected chi connectivity index (χ0v) is 20.3. The van der Waals surface area contributed by atoms with Crippen LogP contribution in [-0.4, -0.2) is 50.6 Å². The lowest BCUT2D eigenvalue weighted by Crippen LogP contribution is -2.36. The topological polar surface area (TPSA) is 63.2 Å². The molecule has 1 spiro atoms. The first-order valence-electron chi connectivity index (χ1n) is 13.0. The highest BCUT2D eigenvalue weighted by atomic mass is 16.7. The molecule has 0 aromatic heterocycles. The summed E-state index contributed by atoms with van der Waals surface area (Å²) in [5.41, 5.74) is 0. The Morgan fingerprint density at radius 2 is 1.66 bits per heavy atom. The van der Waals surface area contributed by atoms with E-state index in [-0.39, 0.29) is 5.97 Å². The molecule has 6 nitrogen and oxygen atoms in total. The van der Waals surface area contributed by atoms with Crippen molar-refractivity contribution in [3.63, 3.8) is 0 Å². The third kappa shape index (κ3) is 7.02. The van der Waals surface area contributed by atoms with Gasteiger partial charge >= 0.3 is 5.97 Å². The molecule has 0 radical (unpaired) electrons. The molecule has 1 aliphatic carbocycles. The van der Waals surface area contributed by atoms with Crippen molar-refractivity contribution in [3.8, 4) is 0 Å². The van der Waals surface area contributed by atoms with Crippen LogP contribution >= 0.6 is 0 Å². The van der Waals surface area contributed by atoms with Crippen molar-refractivity contribution in [2.75, 3.05) is 33.0 Å².